The summed E-state index contributed by atoms with van der Waals surface area (Å²) in [5, 5.41) is 0. The zero-order valence-corrected chi connectivity index (χ0v) is 9.87. The maximum Gasteiger partial charge on any atom is 0.132 e. The van der Waals surface area contributed by atoms with Crippen molar-refractivity contribution in [1.29, 1.82) is 0 Å². The quantitative estimate of drug-likeness (QED) is 0.814. The lowest BCUT2D eigenvalue weighted by molar-refractivity contribution is 0.811. The number of aromatic nitrogens is 2. The van der Waals surface area contributed by atoms with Crippen LogP contribution in [0.3, 0.4) is 0 Å². The number of nitrogens with two attached hydrogens (primary N) is 1. The van der Waals surface area contributed by atoms with Crippen molar-refractivity contribution in [3.05, 3.63) is 48.4 Å². The number of nitrogen functional groups attached to an aromatic ring is 1. The average molecular weight is 228 g/mol. The summed E-state index contributed by atoms with van der Waals surface area (Å²) in [7, 11) is 0. The molecule has 0 unspecified atom stereocenters. The summed E-state index contributed by atoms with van der Waals surface area (Å²) in [6.45, 7) is 3.74. The van der Waals surface area contributed by atoms with Crippen LogP contribution in [0.2, 0.25) is 0 Å². The van der Waals surface area contributed by atoms with Crippen LogP contribution in [-0.2, 0) is 6.54 Å². The van der Waals surface area contributed by atoms with E-state index >= 15 is 0 Å². The normalized spacial score (nSPS) is 10.2. The molecule has 1 aromatic heterocycles. The summed E-state index contributed by atoms with van der Waals surface area (Å²) in [4.78, 5) is 10.3. The molecule has 4 heteroatoms. The number of hydrogen-bond acceptors (Lipinski definition) is 4. The Morgan fingerprint density at radius 1 is 1.24 bits per heavy atom. The zero-order valence-electron chi connectivity index (χ0n) is 9.87. The maximum absolute atomic E-state index is 5.94. The summed E-state index contributed by atoms with van der Waals surface area (Å²) in [5.74, 6) is 0.922. The molecule has 0 aliphatic carbocycles. The lowest BCUT2D eigenvalue weighted by atomic mass is 10.1. The van der Waals surface area contributed by atoms with Crippen molar-refractivity contribution in [3.8, 4) is 0 Å². The third-order valence-electron chi connectivity index (χ3n) is 2.69. The molecule has 1 heterocycles. The molecular formula is C13H16N4. The van der Waals surface area contributed by atoms with E-state index in [9.17, 15) is 0 Å². The van der Waals surface area contributed by atoms with Crippen molar-refractivity contribution in [2.45, 2.75) is 13.5 Å². The highest BCUT2D eigenvalue weighted by molar-refractivity contribution is 5.49. The fraction of sp³-hybridized carbons (Fsp3) is 0.231. The fourth-order valence-electron chi connectivity index (χ4n) is 1.71. The van der Waals surface area contributed by atoms with Gasteiger partial charge >= 0.3 is 0 Å². The molecule has 0 saturated carbocycles. The second kappa shape index (κ2) is 5.30. The minimum atomic E-state index is 0.764. The number of benzene rings is 1. The zero-order chi connectivity index (χ0) is 12.1. The molecule has 0 radical (unpaired) electrons. The third-order valence-corrected chi connectivity index (χ3v) is 2.69. The van der Waals surface area contributed by atoms with Gasteiger partial charge in [-0.3, -0.25) is 0 Å². The number of rotatable bonds is 4. The van der Waals surface area contributed by atoms with Crippen LogP contribution in [0.4, 0.5) is 11.5 Å². The van der Waals surface area contributed by atoms with Crippen LogP contribution >= 0.6 is 0 Å². The standard InChI is InChI=1S/C13H16N4/c1-2-17(13-7-8-15-10-16-13)9-11-5-3-4-6-12(11)14/h3-8,10H,2,9,14H2,1H3. The van der Waals surface area contributed by atoms with E-state index in [1.807, 2.05) is 30.3 Å². The maximum atomic E-state index is 5.94. The monoisotopic (exact) mass is 228 g/mol. The summed E-state index contributed by atoms with van der Waals surface area (Å²) < 4.78 is 0. The minimum absolute atomic E-state index is 0.764. The number of anilines is 2. The topological polar surface area (TPSA) is 55.0 Å². The molecule has 0 bridgehead atoms. The minimum Gasteiger partial charge on any atom is -0.398 e. The van der Waals surface area contributed by atoms with E-state index in [1.54, 1.807) is 12.5 Å². The van der Waals surface area contributed by atoms with Crippen molar-refractivity contribution in [2.75, 3.05) is 17.2 Å². The fourth-order valence-corrected chi connectivity index (χ4v) is 1.71. The van der Waals surface area contributed by atoms with E-state index < -0.39 is 0 Å². The first-order valence-electron chi connectivity index (χ1n) is 5.65. The van der Waals surface area contributed by atoms with Gasteiger partial charge in [-0.1, -0.05) is 18.2 Å². The Hall–Kier alpha value is -2.10. The van der Waals surface area contributed by atoms with Gasteiger partial charge in [0.05, 0.1) is 0 Å². The molecule has 17 heavy (non-hydrogen) atoms. The van der Waals surface area contributed by atoms with Crippen LogP contribution in [-0.4, -0.2) is 16.5 Å². The van der Waals surface area contributed by atoms with Gasteiger partial charge in [0, 0.05) is 25.0 Å². The first-order valence-corrected chi connectivity index (χ1v) is 5.65. The highest BCUT2D eigenvalue weighted by Crippen LogP contribution is 2.17. The van der Waals surface area contributed by atoms with Gasteiger partial charge in [-0.2, -0.15) is 0 Å². The molecule has 0 saturated heterocycles. The Kier molecular flexibility index (Phi) is 3.55. The van der Waals surface area contributed by atoms with Crippen LogP contribution in [0.1, 0.15) is 12.5 Å². The van der Waals surface area contributed by atoms with Crippen molar-refractivity contribution < 1.29 is 0 Å². The second-order valence-corrected chi connectivity index (χ2v) is 3.78. The van der Waals surface area contributed by atoms with E-state index in [-0.39, 0.29) is 0 Å². The molecule has 0 atom stereocenters. The summed E-state index contributed by atoms with van der Waals surface area (Å²) in [5.41, 5.74) is 7.88. The van der Waals surface area contributed by atoms with Gasteiger partial charge in [0.2, 0.25) is 0 Å². The predicted molar refractivity (Wildman–Crippen MR) is 69.6 cm³/mol. The SMILES string of the molecule is CCN(Cc1ccccc1N)c1ccncn1. The molecule has 2 rings (SSSR count). The molecule has 1 aromatic carbocycles. The Labute approximate surface area is 101 Å². The van der Waals surface area contributed by atoms with E-state index in [0.717, 1.165) is 30.2 Å². The molecule has 0 spiro atoms. The summed E-state index contributed by atoms with van der Waals surface area (Å²) in [6.07, 6.45) is 3.31. The molecule has 0 amide bonds. The largest absolute Gasteiger partial charge is 0.398 e. The van der Waals surface area contributed by atoms with Gasteiger partial charge in [-0.15, -0.1) is 0 Å². The summed E-state index contributed by atoms with van der Waals surface area (Å²) >= 11 is 0. The van der Waals surface area contributed by atoms with Crippen LogP contribution < -0.4 is 10.6 Å². The summed E-state index contributed by atoms with van der Waals surface area (Å²) in [6, 6.07) is 9.81. The number of hydrogen-bond donors (Lipinski definition) is 1. The van der Waals surface area contributed by atoms with Gasteiger partial charge in [-0.05, 0) is 24.6 Å². The Balaban J connectivity index is 2.19. The van der Waals surface area contributed by atoms with Crippen molar-refractivity contribution in [2.24, 2.45) is 0 Å². The van der Waals surface area contributed by atoms with E-state index in [4.69, 9.17) is 5.73 Å². The Morgan fingerprint density at radius 3 is 2.71 bits per heavy atom. The Morgan fingerprint density at radius 2 is 2.06 bits per heavy atom. The molecule has 0 aliphatic heterocycles. The highest BCUT2D eigenvalue weighted by Gasteiger charge is 2.07. The third kappa shape index (κ3) is 2.72. The molecule has 2 aromatic rings. The smallest absolute Gasteiger partial charge is 0.132 e. The molecular weight excluding hydrogens is 212 g/mol. The average Bonchev–Trinajstić information content (AvgIpc) is 2.39. The van der Waals surface area contributed by atoms with Crippen molar-refractivity contribution >= 4 is 11.5 Å². The van der Waals surface area contributed by atoms with Gasteiger partial charge in [-0.25, -0.2) is 9.97 Å². The molecule has 88 valence electrons. The molecule has 2 N–H and O–H groups in total. The van der Waals surface area contributed by atoms with E-state index in [2.05, 4.69) is 21.8 Å². The van der Waals surface area contributed by atoms with Gasteiger partial charge in [0.15, 0.2) is 0 Å². The van der Waals surface area contributed by atoms with Crippen LogP contribution in [0, 0.1) is 0 Å². The van der Waals surface area contributed by atoms with Crippen molar-refractivity contribution in [1.82, 2.24) is 9.97 Å². The van der Waals surface area contributed by atoms with E-state index in [1.165, 1.54) is 0 Å². The number of para-hydroxylation sites is 1. The van der Waals surface area contributed by atoms with Crippen LogP contribution in [0.25, 0.3) is 0 Å². The van der Waals surface area contributed by atoms with Crippen LogP contribution in [0.15, 0.2) is 42.9 Å². The highest BCUT2D eigenvalue weighted by atomic mass is 15.2. The van der Waals surface area contributed by atoms with Gasteiger partial charge in [0.1, 0.15) is 12.1 Å². The lowest BCUT2D eigenvalue weighted by Crippen LogP contribution is -2.23. The Bertz CT molecular complexity index is 470. The van der Waals surface area contributed by atoms with Crippen LogP contribution in [0.5, 0.6) is 0 Å². The molecule has 4 nitrogen and oxygen atoms in total. The lowest BCUT2D eigenvalue weighted by Gasteiger charge is -2.22. The molecule has 0 fully saturated rings. The second-order valence-electron chi connectivity index (χ2n) is 3.78. The first-order chi connectivity index (χ1) is 8.31. The van der Waals surface area contributed by atoms with Crippen molar-refractivity contribution in [3.63, 3.8) is 0 Å². The first kappa shape index (κ1) is 11.4. The van der Waals surface area contributed by atoms with Gasteiger partial charge in [0.25, 0.3) is 0 Å². The molecule has 0 aliphatic rings. The number of nitrogens with zero attached hydrogens (tertiary/aromatic N) is 3. The van der Waals surface area contributed by atoms with E-state index in [0.29, 0.717) is 0 Å². The van der Waals surface area contributed by atoms with Gasteiger partial charge < -0.3 is 10.6 Å². The predicted octanol–water partition coefficient (Wildman–Crippen LogP) is 2.09.